The first-order valence-electron chi connectivity index (χ1n) is 8.93. The van der Waals surface area contributed by atoms with E-state index in [-0.39, 0.29) is 24.0 Å². The fourth-order valence-electron chi connectivity index (χ4n) is 2.90. The van der Waals surface area contributed by atoms with Gasteiger partial charge in [-0.25, -0.2) is 0 Å². The summed E-state index contributed by atoms with van der Waals surface area (Å²) in [4.78, 5) is 9.75. The molecule has 1 heterocycles. The molecule has 1 aliphatic rings. The maximum absolute atomic E-state index is 4.87. The van der Waals surface area contributed by atoms with Crippen molar-refractivity contribution in [2.75, 3.05) is 46.3 Å². The van der Waals surface area contributed by atoms with Crippen LogP contribution in [0.3, 0.4) is 0 Å². The summed E-state index contributed by atoms with van der Waals surface area (Å²) >= 11 is 0. The van der Waals surface area contributed by atoms with E-state index in [9.17, 15) is 0 Å². The molecule has 1 N–H and O–H groups in total. The van der Waals surface area contributed by atoms with Crippen molar-refractivity contribution in [2.24, 2.45) is 10.9 Å². The zero-order valence-electron chi connectivity index (χ0n) is 15.1. The third-order valence-electron chi connectivity index (χ3n) is 4.29. The van der Waals surface area contributed by atoms with Crippen LogP contribution in [0.1, 0.15) is 52.9 Å². The molecule has 4 nitrogen and oxygen atoms in total. The number of guanidine groups is 1. The van der Waals surface area contributed by atoms with Crippen molar-refractivity contribution in [3.8, 4) is 0 Å². The maximum atomic E-state index is 4.87. The molecule has 0 spiro atoms. The quantitative estimate of drug-likeness (QED) is 0.368. The number of hydrogen-bond acceptors (Lipinski definition) is 2. The Hall–Kier alpha value is -0.0400. The van der Waals surface area contributed by atoms with Crippen molar-refractivity contribution < 1.29 is 0 Å². The van der Waals surface area contributed by atoms with Crippen molar-refractivity contribution in [3.63, 3.8) is 0 Å². The lowest BCUT2D eigenvalue weighted by Crippen LogP contribution is -2.40. The lowest BCUT2D eigenvalue weighted by Gasteiger charge is -2.31. The molecule has 0 aromatic carbocycles. The van der Waals surface area contributed by atoms with Crippen LogP contribution in [-0.4, -0.2) is 62.1 Å². The minimum atomic E-state index is 0. The molecule has 1 rings (SSSR count). The number of nitrogens with one attached hydrogen (secondary N) is 1. The normalized spacial score (nSPS) is 17.2. The molecule has 0 saturated carbocycles. The second-order valence-corrected chi connectivity index (χ2v) is 6.25. The minimum absolute atomic E-state index is 0. The Kier molecular flexibility index (Phi) is 13.4. The van der Waals surface area contributed by atoms with Crippen LogP contribution in [0.4, 0.5) is 0 Å². The molecule has 0 aromatic heterocycles. The van der Waals surface area contributed by atoms with Gasteiger partial charge in [-0.3, -0.25) is 4.99 Å². The van der Waals surface area contributed by atoms with Gasteiger partial charge in [0, 0.05) is 26.7 Å². The molecular weight excluding hydrogens is 387 g/mol. The molecule has 0 amide bonds. The lowest BCUT2D eigenvalue weighted by atomic mass is 9.97. The minimum Gasteiger partial charge on any atom is -0.357 e. The maximum Gasteiger partial charge on any atom is 0.193 e. The summed E-state index contributed by atoms with van der Waals surface area (Å²) in [6.45, 7) is 13.5. The van der Waals surface area contributed by atoms with Gasteiger partial charge < -0.3 is 15.1 Å². The van der Waals surface area contributed by atoms with Crippen molar-refractivity contribution in [1.29, 1.82) is 0 Å². The van der Waals surface area contributed by atoms with E-state index in [1.807, 2.05) is 0 Å². The van der Waals surface area contributed by atoms with Crippen LogP contribution < -0.4 is 5.32 Å². The molecule has 0 unspecified atom stereocenters. The van der Waals surface area contributed by atoms with E-state index in [2.05, 4.69) is 42.9 Å². The van der Waals surface area contributed by atoms with Gasteiger partial charge in [-0.2, -0.15) is 0 Å². The number of likely N-dealkylation sites (tertiary alicyclic amines) is 1. The van der Waals surface area contributed by atoms with Crippen molar-refractivity contribution in [2.45, 2.75) is 52.9 Å². The summed E-state index contributed by atoms with van der Waals surface area (Å²) in [6, 6.07) is 0. The topological polar surface area (TPSA) is 30.9 Å². The SMILES string of the molecule is CCCCN(C)C(=NCC1CCN(CCC)CC1)NCC.I. The van der Waals surface area contributed by atoms with Crippen LogP contribution in [0.25, 0.3) is 0 Å². The summed E-state index contributed by atoms with van der Waals surface area (Å²) in [5.74, 6) is 1.85. The van der Waals surface area contributed by atoms with Crippen molar-refractivity contribution in [3.05, 3.63) is 0 Å². The number of aliphatic imine (C=N–C) groups is 1. The van der Waals surface area contributed by atoms with Crippen molar-refractivity contribution >= 4 is 29.9 Å². The highest BCUT2D eigenvalue weighted by molar-refractivity contribution is 14.0. The molecule has 22 heavy (non-hydrogen) atoms. The van der Waals surface area contributed by atoms with Crippen LogP contribution in [-0.2, 0) is 0 Å². The van der Waals surface area contributed by atoms with E-state index in [1.54, 1.807) is 0 Å². The van der Waals surface area contributed by atoms with Gasteiger partial charge in [-0.15, -0.1) is 24.0 Å². The van der Waals surface area contributed by atoms with E-state index in [0.717, 1.165) is 31.5 Å². The van der Waals surface area contributed by atoms with Gasteiger partial charge >= 0.3 is 0 Å². The highest BCUT2D eigenvalue weighted by Gasteiger charge is 2.18. The molecule has 1 saturated heterocycles. The highest BCUT2D eigenvalue weighted by atomic mass is 127. The summed E-state index contributed by atoms with van der Waals surface area (Å²) in [6.07, 6.45) is 6.36. The molecule has 0 aliphatic carbocycles. The number of unbranched alkanes of at least 4 members (excludes halogenated alkanes) is 1. The Morgan fingerprint density at radius 1 is 1.18 bits per heavy atom. The summed E-state index contributed by atoms with van der Waals surface area (Å²) in [5, 5.41) is 3.43. The van der Waals surface area contributed by atoms with Crippen LogP contribution in [0.5, 0.6) is 0 Å². The predicted octanol–water partition coefficient (Wildman–Crippen LogP) is 3.42. The zero-order chi connectivity index (χ0) is 15.5. The number of rotatable bonds is 8. The third kappa shape index (κ3) is 8.56. The first-order valence-corrected chi connectivity index (χ1v) is 8.93. The molecule has 1 aliphatic heterocycles. The number of hydrogen-bond donors (Lipinski definition) is 1. The standard InChI is InChI=1S/C17H36N4.HI/c1-5-8-12-20(4)17(18-7-3)19-15-16-9-13-21(11-6-2)14-10-16;/h16H,5-15H2,1-4H3,(H,18,19);1H. The van der Waals surface area contributed by atoms with E-state index in [0.29, 0.717) is 0 Å². The molecular formula is C17H37IN4. The second kappa shape index (κ2) is 13.4. The summed E-state index contributed by atoms with van der Waals surface area (Å²) in [5.41, 5.74) is 0. The highest BCUT2D eigenvalue weighted by Crippen LogP contribution is 2.17. The predicted molar refractivity (Wildman–Crippen MR) is 108 cm³/mol. The van der Waals surface area contributed by atoms with Gasteiger partial charge in [0.05, 0.1) is 0 Å². The van der Waals surface area contributed by atoms with Gasteiger partial charge in [-0.05, 0) is 58.2 Å². The van der Waals surface area contributed by atoms with Crippen LogP contribution >= 0.6 is 24.0 Å². The van der Waals surface area contributed by atoms with Crippen molar-refractivity contribution in [1.82, 2.24) is 15.1 Å². The van der Waals surface area contributed by atoms with Crippen LogP contribution in [0.2, 0.25) is 0 Å². The molecule has 0 atom stereocenters. The monoisotopic (exact) mass is 424 g/mol. The number of piperidine rings is 1. The average molecular weight is 424 g/mol. The Labute approximate surface area is 155 Å². The van der Waals surface area contributed by atoms with Gasteiger partial charge in [0.25, 0.3) is 0 Å². The van der Waals surface area contributed by atoms with E-state index in [4.69, 9.17) is 4.99 Å². The Morgan fingerprint density at radius 2 is 1.86 bits per heavy atom. The van der Waals surface area contributed by atoms with E-state index >= 15 is 0 Å². The number of nitrogens with zero attached hydrogens (tertiary/aromatic N) is 3. The van der Waals surface area contributed by atoms with Gasteiger partial charge in [0.2, 0.25) is 0 Å². The largest absolute Gasteiger partial charge is 0.357 e. The lowest BCUT2D eigenvalue weighted by molar-refractivity contribution is 0.188. The van der Waals surface area contributed by atoms with E-state index in [1.165, 1.54) is 51.7 Å². The molecule has 0 bridgehead atoms. The van der Waals surface area contributed by atoms with Gasteiger partial charge in [0.1, 0.15) is 0 Å². The Bertz CT molecular complexity index is 288. The molecule has 0 aromatic rings. The summed E-state index contributed by atoms with van der Waals surface area (Å²) < 4.78 is 0. The average Bonchev–Trinajstić information content (AvgIpc) is 2.50. The summed E-state index contributed by atoms with van der Waals surface area (Å²) in [7, 11) is 2.15. The first kappa shape index (κ1) is 22.0. The Balaban J connectivity index is 0.00000441. The molecule has 1 fully saturated rings. The Morgan fingerprint density at radius 3 is 2.41 bits per heavy atom. The third-order valence-corrected chi connectivity index (χ3v) is 4.29. The van der Waals surface area contributed by atoms with Gasteiger partial charge in [0.15, 0.2) is 5.96 Å². The fourth-order valence-corrected chi connectivity index (χ4v) is 2.90. The van der Waals surface area contributed by atoms with E-state index < -0.39 is 0 Å². The number of halogens is 1. The van der Waals surface area contributed by atoms with Crippen LogP contribution in [0.15, 0.2) is 4.99 Å². The van der Waals surface area contributed by atoms with Crippen LogP contribution in [0, 0.1) is 5.92 Å². The first-order chi connectivity index (χ1) is 10.2. The zero-order valence-corrected chi connectivity index (χ0v) is 17.4. The molecule has 5 heteroatoms. The smallest absolute Gasteiger partial charge is 0.193 e. The fraction of sp³-hybridized carbons (Fsp3) is 0.941. The molecule has 0 radical (unpaired) electrons. The molecule has 132 valence electrons. The second-order valence-electron chi connectivity index (χ2n) is 6.25. The van der Waals surface area contributed by atoms with Gasteiger partial charge in [-0.1, -0.05) is 20.3 Å².